The quantitative estimate of drug-likeness (QED) is 0.801. The topological polar surface area (TPSA) is 51.9 Å². The maximum Gasteiger partial charge on any atom is 0.227 e. The van der Waals surface area contributed by atoms with Gasteiger partial charge in [0.25, 0.3) is 0 Å². The molecule has 1 N–H and O–H groups in total. The molecule has 0 unspecified atom stereocenters. The first kappa shape index (κ1) is 14.4. The number of benzene rings is 1. The van der Waals surface area contributed by atoms with Gasteiger partial charge in [0.05, 0.1) is 5.69 Å². The number of anilines is 1. The fourth-order valence-corrected chi connectivity index (χ4v) is 4.08. The van der Waals surface area contributed by atoms with Crippen LogP contribution in [0.15, 0.2) is 36.5 Å². The first-order chi connectivity index (χ1) is 11.2. The second-order valence-corrected chi connectivity index (χ2v) is 6.74. The van der Waals surface area contributed by atoms with Crippen molar-refractivity contribution in [3.63, 3.8) is 0 Å². The lowest BCUT2D eigenvalue weighted by Gasteiger charge is -2.09. The number of para-hydroxylation sites is 1. The Labute approximate surface area is 138 Å². The minimum Gasteiger partial charge on any atom is -0.347 e. The lowest BCUT2D eigenvalue weighted by Crippen LogP contribution is -2.17. The monoisotopic (exact) mass is 326 g/mol. The van der Waals surface area contributed by atoms with Gasteiger partial charge in [-0.15, -0.1) is 0 Å². The Bertz CT molecular complexity index is 880. The van der Waals surface area contributed by atoms with Gasteiger partial charge in [0.2, 0.25) is 5.91 Å². The Kier molecular flexibility index (Phi) is 3.61. The van der Waals surface area contributed by atoms with Crippen LogP contribution in [0, 0.1) is 0 Å². The molecular formula is C17H18N4OS. The second kappa shape index (κ2) is 5.77. The number of aromatic nitrogens is 3. The van der Waals surface area contributed by atoms with Crippen LogP contribution in [-0.2, 0) is 29.9 Å². The zero-order chi connectivity index (χ0) is 15.8. The summed E-state index contributed by atoms with van der Waals surface area (Å²) in [5.74, 6) is 2.76. The molecule has 0 saturated carbocycles. The highest BCUT2D eigenvalue weighted by Crippen LogP contribution is 2.34. The van der Waals surface area contributed by atoms with E-state index in [1.165, 1.54) is 10.9 Å². The summed E-state index contributed by atoms with van der Waals surface area (Å²) in [6, 6.07) is 10.3. The third-order valence-electron chi connectivity index (χ3n) is 4.23. The van der Waals surface area contributed by atoms with Crippen LogP contribution in [0.1, 0.15) is 17.7 Å². The molecule has 2 aromatic heterocycles. The molecule has 6 heteroatoms. The van der Waals surface area contributed by atoms with Gasteiger partial charge < -0.3 is 9.88 Å². The van der Waals surface area contributed by atoms with Crippen LogP contribution in [0.2, 0.25) is 0 Å². The normalized spacial score (nSPS) is 13.4. The van der Waals surface area contributed by atoms with Crippen molar-refractivity contribution in [2.75, 3.05) is 5.32 Å². The summed E-state index contributed by atoms with van der Waals surface area (Å²) >= 11 is 1.84. The van der Waals surface area contributed by atoms with Crippen molar-refractivity contribution in [3.8, 4) is 0 Å². The van der Waals surface area contributed by atoms with Crippen LogP contribution >= 0.6 is 11.8 Å². The number of nitrogens with one attached hydrogen (secondary N) is 1. The third-order valence-corrected chi connectivity index (χ3v) is 5.20. The van der Waals surface area contributed by atoms with E-state index < -0.39 is 0 Å². The van der Waals surface area contributed by atoms with Gasteiger partial charge in [-0.3, -0.25) is 9.48 Å². The van der Waals surface area contributed by atoms with Gasteiger partial charge in [0.15, 0.2) is 0 Å². The molecule has 1 aromatic carbocycles. The summed E-state index contributed by atoms with van der Waals surface area (Å²) in [5, 5.41) is 8.71. The van der Waals surface area contributed by atoms with E-state index in [1.807, 2.05) is 37.1 Å². The van der Waals surface area contributed by atoms with Crippen molar-refractivity contribution in [1.82, 2.24) is 14.3 Å². The van der Waals surface area contributed by atoms with Crippen LogP contribution in [0.5, 0.6) is 0 Å². The Morgan fingerprint density at radius 1 is 1.30 bits per heavy atom. The van der Waals surface area contributed by atoms with E-state index in [0.29, 0.717) is 13.0 Å². The number of aryl methyl sites for hydroxylation is 2. The van der Waals surface area contributed by atoms with E-state index in [2.05, 4.69) is 33.2 Å². The van der Waals surface area contributed by atoms with Gasteiger partial charge in [-0.25, -0.2) is 0 Å². The van der Waals surface area contributed by atoms with Gasteiger partial charge in [-0.2, -0.15) is 16.9 Å². The predicted molar refractivity (Wildman–Crippen MR) is 93.4 cm³/mol. The average Bonchev–Trinajstić information content (AvgIpc) is 3.23. The van der Waals surface area contributed by atoms with Crippen molar-refractivity contribution in [2.24, 2.45) is 7.05 Å². The zero-order valence-corrected chi connectivity index (χ0v) is 13.8. The SMILES string of the molecule is Cn1nc2c(c1NC(=O)CCn1ccc3ccccc31)CSC2. The molecule has 0 atom stereocenters. The number of hydrogen-bond donors (Lipinski definition) is 1. The third kappa shape index (κ3) is 2.63. The van der Waals surface area contributed by atoms with Crippen molar-refractivity contribution in [1.29, 1.82) is 0 Å². The minimum absolute atomic E-state index is 0.0329. The van der Waals surface area contributed by atoms with E-state index >= 15 is 0 Å². The van der Waals surface area contributed by atoms with Crippen molar-refractivity contribution < 1.29 is 4.79 Å². The summed E-state index contributed by atoms with van der Waals surface area (Å²) in [5.41, 5.74) is 3.44. The molecule has 0 radical (unpaired) electrons. The number of hydrogen-bond acceptors (Lipinski definition) is 3. The number of thioether (sulfide) groups is 1. The maximum absolute atomic E-state index is 12.3. The van der Waals surface area contributed by atoms with E-state index in [0.717, 1.165) is 28.5 Å². The van der Waals surface area contributed by atoms with Crippen LogP contribution < -0.4 is 5.32 Å². The van der Waals surface area contributed by atoms with E-state index in [-0.39, 0.29) is 5.91 Å². The molecule has 1 aliphatic rings. The number of rotatable bonds is 4. The van der Waals surface area contributed by atoms with Gasteiger partial charge in [-0.1, -0.05) is 18.2 Å². The molecule has 1 amide bonds. The van der Waals surface area contributed by atoms with Crippen LogP contribution in [-0.4, -0.2) is 20.3 Å². The van der Waals surface area contributed by atoms with Crippen LogP contribution in [0.4, 0.5) is 5.82 Å². The second-order valence-electron chi connectivity index (χ2n) is 5.76. The number of amides is 1. The number of carbonyl (C=O) groups is 1. The molecule has 4 rings (SSSR count). The smallest absolute Gasteiger partial charge is 0.227 e. The van der Waals surface area contributed by atoms with E-state index in [4.69, 9.17) is 0 Å². The average molecular weight is 326 g/mol. The largest absolute Gasteiger partial charge is 0.347 e. The fraction of sp³-hybridized carbons (Fsp3) is 0.294. The molecule has 1 aliphatic heterocycles. The molecule has 3 heterocycles. The number of nitrogens with zero attached hydrogens (tertiary/aromatic N) is 3. The minimum atomic E-state index is 0.0329. The van der Waals surface area contributed by atoms with Crippen molar-refractivity contribution >= 4 is 34.4 Å². The van der Waals surface area contributed by atoms with Gasteiger partial charge in [0, 0.05) is 48.8 Å². The van der Waals surface area contributed by atoms with E-state index in [1.54, 1.807) is 4.68 Å². The molecule has 23 heavy (non-hydrogen) atoms. The lowest BCUT2D eigenvalue weighted by molar-refractivity contribution is -0.116. The molecule has 0 fully saturated rings. The summed E-state index contributed by atoms with van der Waals surface area (Å²) < 4.78 is 3.91. The Hall–Kier alpha value is -2.21. The number of fused-ring (bicyclic) bond motifs is 2. The molecule has 0 saturated heterocycles. The Balaban J connectivity index is 1.45. The molecule has 0 aliphatic carbocycles. The van der Waals surface area contributed by atoms with Crippen LogP contribution in [0.25, 0.3) is 10.9 Å². The predicted octanol–water partition coefficient (Wildman–Crippen LogP) is 3.15. The summed E-state index contributed by atoms with van der Waals surface area (Å²) in [6.45, 7) is 0.675. The summed E-state index contributed by atoms with van der Waals surface area (Å²) in [7, 11) is 1.89. The molecule has 0 bridgehead atoms. The Morgan fingerprint density at radius 3 is 3.09 bits per heavy atom. The lowest BCUT2D eigenvalue weighted by atomic mass is 10.2. The van der Waals surface area contributed by atoms with Gasteiger partial charge in [-0.05, 0) is 17.5 Å². The highest BCUT2D eigenvalue weighted by atomic mass is 32.2. The first-order valence-electron chi connectivity index (χ1n) is 7.68. The molecule has 5 nitrogen and oxygen atoms in total. The molecular weight excluding hydrogens is 308 g/mol. The van der Waals surface area contributed by atoms with Gasteiger partial charge >= 0.3 is 0 Å². The van der Waals surface area contributed by atoms with Crippen molar-refractivity contribution in [3.05, 3.63) is 47.8 Å². The maximum atomic E-state index is 12.3. The zero-order valence-electron chi connectivity index (χ0n) is 13.0. The summed E-state index contributed by atoms with van der Waals surface area (Å²) in [4.78, 5) is 12.3. The van der Waals surface area contributed by atoms with E-state index in [9.17, 15) is 4.79 Å². The molecule has 3 aromatic rings. The van der Waals surface area contributed by atoms with Crippen LogP contribution in [0.3, 0.4) is 0 Å². The highest BCUT2D eigenvalue weighted by Gasteiger charge is 2.22. The highest BCUT2D eigenvalue weighted by molar-refractivity contribution is 7.98. The molecule has 0 spiro atoms. The first-order valence-corrected chi connectivity index (χ1v) is 8.84. The Morgan fingerprint density at radius 2 is 2.17 bits per heavy atom. The van der Waals surface area contributed by atoms with Crippen molar-refractivity contribution in [2.45, 2.75) is 24.5 Å². The number of carbonyl (C=O) groups excluding carboxylic acids is 1. The standard InChI is InChI=1S/C17H18N4OS/c1-20-17(13-10-23-11-14(13)19-20)18-16(22)7-9-21-8-6-12-4-2-3-5-15(12)21/h2-6,8H,7,9-11H2,1H3,(H,18,22). The summed E-state index contributed by atoms with van der Waals surface area (Å²) in [6.07, 6.45) is 2.49. The van der Waals surface area contributed by atoms with Gasteiger partial charge in [0.1, 0.15) is 5.82 Å². The molecule has 118 valence electrons. The fourth-order valence-electron chi connectivity index (χ4n) is 3.05.